The number of benzene rings is 1. The fraction of sp³-hybridized carbons (Fsp3) is 0.733. The Kier molecular flexibility index (Phi) is 21.1. The van der Waals surface area contributed by atoms with Crippen LogP contribution in [0.4, 0.5) is 0 Å². The molecule has 1 aromatic heterocycles. The first kappa shape index (κ1) is 50.4. The summed E-state index contributed by atoms with van der Waals surface area (Å²) in [7, 11) is 0. The Morgan fingerprint density at radius 1 is 0.650 bits per heavy atom. The molecule has 0 N–H and O–H groups in total. The molecule has 0 bridgehead atoms. The van der Waals surface area contributed by atoms with E-state index in [1.165, 1.54) is 0 Å². The van der Waals surface area contributed by atoms with Crippen molar-refractivity contribution in [3.05, 3.63) is 47.8 Å². The van der Waals surface area contributed by atoms with Crippen LogP contribution in [0.1, 0.15) is 138 Å². The van der Waals surface area contributed by atoms with Crippen LogP contribution >= 0.6 is 0 Å². The van der Waals surface area contributed by atoms with Gasteiger partial charge in [0.05, 0.1) is 57.9 Å². The molecule has 2 aromatic rings. The Balaban J connectivity index is 1.58. The van der Waals surface area contributed by atoms with Crippen LogP contribution < -0.4 is 0 Å². The van der Waals surface area contributed by atoms with E-state index in [1.807, 2.05) is 36.5 Å². The number of carbonyl (C=O) groups is 4. The van der Waals surface area contributed by atoms with Gasteiger partial charge in [-0.1, -0.05) is 61.2 Å². The molecule has 1 aliphatic rings. The van der Waals surface area contributed by atoms with Gasteiger partial charge in [-0.05, 0) is 87.1 Å². The van der Waals surface area contributed by atoms with Gasteiger partial charge in [-0.15, -0.1) is 5.10 Å². The molecule has 60 heavy (non-hydrogen) atoms. The highest BCUT2D eigenvalue weighted by molar-refractivity contribution is 5.71. The molecule has 15 nitrogen and oxygen atoms in total. The van der Waals surface area contributed by atoms with Gasteiger partial charge in [-0.2, -0.15) is 0 Å². The average molecular weight is 846 g/mol. The van der Waals surface area contributed by atoms with Gasteiger partial charge in [0, 0.05) is 12.6 Å². The SMILES string of the molecule is CC(C)(C)OC(=O)CCO[C@H]1[C@H](OCCC(=O)OC(C)(C)C)[C@@H](Cn2cc(CCCCCCCCC(=O)OCc3ccccc3)nn2)OC[C@@H]1OCCC(=O)OC(C)(C)C. The zero-order valence-corrected chi connectivity index (χ0v) is 37.5. The standard InChI is InChI=1S/C45H71N3O12/c1-43(2,3)58-38(50)23-26-53-36-32-56-35(41(54-27-24-39(51)59-44(4,5)6)42(36)55-28-25-40(52)60-45(7,8)9)30-48-29-34(46-47-48)21-17-12-10-11-13-18-22-37(49)57-31-33-19-15-14-16-20-33/h14-16,19-20,29,35-36,41-42H,10-13,17-18,21-28,30-32H2,1-9H3/t35-,36+,41-,42-/m1/s1. The Hall–Kier alpha value is -3.92. The molecule has 2 heterocycles. The molecular formula is C45H71N3O12. The normalized spacial score (nSPS) is 18.5. The lowest BCUT2D eigenvalue weighted by Crippen LogP contribution is -2.57. The number of aromatic nitrogens is 3. The molecule has 338 valence electrons. The zero-order chi connectivity index (χ0) is 44.2. The first-order valence-corrected chi connectivity index (χ1v) is 21.5. The molecule has 1 fully saturated rings. The maximum absolute atomic E-state index is 12.6. The lowest BCUT2D eigenvalue weighted by atomic mass is 9.99. The smallest absolute Gasteiger partial charge is 0.308 e. The highest BCUT2D eigenvalue weighted by Crippen LogP contribution is 2.26. The molecule has 0 unspecified atom stereocenters. The molecule has 3 rings (SSSR count). The average Bonchev–Trinajstić information content (AvgIpc) is 3.58. The van der Waals surface area contributed by atoms with Crippen molar-refractivity contribution >= 4 is 23.9 Å². The Morgan fingerprint density at radius 3 is 1.73 bits per heavy atom. The van der Waals surface area contributed by atoms with Crippen LogP contribution in [0.2, 0.25) is 0 Å². The fourth-order valence-corrected chi connectivity index (χ4v) is 6.38. The summed E-state index contributed by atoms with van der Waals surface area (Å²) >= 11 is 0. The van der Waals surface area contributed by atoms with E-state index in [2.05, 4.69) is 10.3 Å². The predicted octanol–water partition coefficient (Wildman–Crippen LogP) is 7.04. The largest absolute Gasteiger partial charge is 0.461 e. The lowest BCUT2D eigenvalue weighted by Gasteiger charge is -2.42. The number of ether oxygens (including phenoxy) is 8. The second-order valence-electron chi connectivity index (χ2n) is 18.2. The molecular weight excluding hydrogens is 775 g/mol. The summed E-state index contributed by atoms with van der Waals surface area (Å²) in [5, 5.41) is 8.77. The highest BCUT2D eigenvalue weighted by atomic mass is 16.6. The van der Waals surface area contributed by atoms with Crippen molar-refractivity contribution < 1.29 is 57.1 Å². The van der Waals surface area contributed by atoms with Crippen LogP contribution in [-0.2, 0) is 76.6 Å². The van der Waals surface area contributed by atoms with E-state index in [-0.39, 0.29) is 58.2 Å². The van der Waals surface area contributed by atoms with Gasteiger partial charge in [0.25, 0.3) is 0 Å². The van der Waals surface area contributed by atoms with Crippen molar-refractivity contribution in [1.82, 2.24) is 15.0 Å². The van der Waals surface area contributed by atoms with Crippen molar-refractivity contribution in [3.8, 4) is 0 Å². The molecule has 1 aliphatic heterocycles. The van der Waals surface area contributed by atoms with Crippen LogP contribution in [0.3, 0.4) is 0 Å². The molecule has 1 aromatic carbocycles. The number of nitrogens with zero attached hydrogens (tertiary/aromatic N) is 3. The molecule has 0 saturated carbocycles. The Morgan fingerprint density at radius 2 is 1.17 bits per heavy atom. The van der Waals surface area contributed by atoms with Crippen LogP contribution in [0, 0.1) is 0 Å². The summed E-state index contributed by atoms with van der Waals surface area (Å²) in [6.07, 6.45) is 6.17. The van der Waals surface area contributed by atoms with Crippen LogP contribution in [-0.4, -0.2) is 107 Å². The van der Waals surface area contributed by atoms with Crippen LogP contribution in [0.5, 0.6) is 0 Å². The van der Waals surface area contributed by atoms with Crippen molar-refractivity contribution in [1.29, 1.82) is 0 Å². The summed E-state index contributed by atoms with van der Waals surface area (Å²) in [6, 6.07) is 9.68. The van der Waals surface area contributed by atoms with Gasteiger partial charge in [-0.3, -0.25) is 19.2 Å². The first-order valence-electron chi connectivity index (χ1n) is 21.5. The van der Waals surface area contributed by atoms with Crippen molar-refractivity contribution in [2.45, 2.75) is 187 Å². The highest BCUT2D eigenvalue weighted by Gasteiger charge is 2.43. The van der Waals surface area contributed by atoms with E-state index in [0.29, 0.717) is 13.0 Å². The monoisotopic (exact) mass is 846 g/mol. The maximum Gasteiger partial charge on any atom is 0.308 e. The summed E-state index contributed by atoms with van der Waals surface area (Å²) in [6.45, 7) is 16.9. The molecule has 0 aliphatic carbocycles. The minimum absolute atomic E-state index is 0.00911. The predicted molar refractivity (Wildman–Crippen MR) is 223 cm³/mol. The van der Waals surface area contributed by atoms with Gasteiger partial charge in [0.2, 0.25) is 0 Å². The first-order chi connectivity index (χ1) is 28.3. The second kappa shape index (κ2) is 25.1. The zero-order valence-electron chi connectivity index (χ0n) is 37.5. The third-order valence-electron chi connectivity index (χ3n) is 8.92. The molecule has 15 heteroatoms. The third kappa shape index (κ3) is 22.1. The summed E-state index contributed by atoms with van der Waals surface area (Å²) in [4.78, 5) is 49.8. The van der Waals surface area contributed by atoms with Gasteiger partial charge in [0.15, 0.2) is 0 Å². The van der Waals surface area contributed by atoms with E-state index in [4.69, 9.17) is 37.9 Å². The van der Waals surface area contributed by atoms with Crippen LogP contribution in [0.25, 0.3) is 0 Å². The molecule has 4 atom stereocenters. The number of hydrogen-bond donors (Lipinski definition) is 0. The lowest BCUT2D eigenvalue weighted by molar-refractivity contribution is -0.234. The minimum Gasteiger partial charge on any atom is -0.461 e. The van der Waals surface area contributed by atoms with E-state index < -0.39 is 59.1 Å². The summed E-state index contributed by atoms with van der Waals surface area (Å²) in [5.74, 6) is -1.39. The number of esters is 4. The van der Waals surface area contributed by atoms with E-state index in [1.54, 1.807) is 67.0 Å². The van der Waals surface area contributed by atoms with Gasteiger partial charge < -0.3 is 37.9 Å². The maximum atomic E-state index is 12.6. The number of rotatable bonds is 25. The van der Waals surface area contributed by atoms with Crippen LogP contribution in [0.15, 0.2) is 36.5 Å². The molecule has 0 radical (unpaired) electrons. The van der Waals surface area contributed by atoms with E-state index >= 15 is 0 Å². The van der Waals surface area contributed by atoms with Crippen molar-refractivity contribution in [3.63, 3.8) is 0 Å². The van der Waals surface area contributed by atoms with Crippen molar-refractivity contribution in [2.75, 3.05) is 26.4 Å². The molecule has 1 saturated heterocycles. The number of aryl methyl sites for hydroxylation is 1. The Bertz CT molecular complexity index is 1580. The number of hydrogen-bond acceptors (Lipinski definition) is 14. The van der Waals surface area contributed by atoms with E-state index in [0.717, 1.165) is 56.2 Å². The Labute approximate surface area is 356 Å². The van der Waals surface area contributed by atoms with Gasteiger partial charge in [-0.25, -0.2) is 4.68 Å². The topological polar surface area (TPSA) is 173 Å². The quantitative estimate of drug-likeness (QED) is 0.0566. The van der Waals surface area contributed by atoms with E-state index in [9.17, 15) is 19.2 Å². The van der Waals surface area contributed by atoms with Crippen molar-refractivity contribution in [2.24, 2.45) is 0 Å². The number of unbranched alkanes of at least 4 members (excludes halogenated alkanes) is 5. The minimum atomic E-state index is -0.760. The molecule has 0 spiro atoms. The third-order valence-corrected chi connectivity index (χ3v) is 8.92. The summed E-state index contributed by atoms with van der Waals surface area (Å²) in [5.41, 5.74) is -0.108. The van der Waals surface area contributed by atoms with Gasteiger partial charge >= 0.3 is 23.9 Å². The summed E-state index contributed by atoms with van der Waals surface area (Å²) < 4.78 is 48.7. The van der Waals surface area contributed by atoms with Gasteiger partial charge in [0.1, 0.15) is 47.8 Å². The number of carbonyl (C=O) groups excluding carboxylic acids is 4. The molecule has 0 amide bonds. The fourth-order valence-electron chi connectivity index (χ4n) is 6.38. The second-order valence-corrected chi connectivity index (χ2v) is 18.2.